The first-order valence-electron chi connectivity index (χ1n) is 7.40. The molecule has 0 unspecified atom stereocenters. The van der Waals surface area contributed by atoms with Crippen LogP contribution < -0.4 is 15.4 Å². The molecule has 4 nitrogen and oxygen atoms in total. The number of anilines is 1. The third-order valence-electron chi connectivity index (χ3n) is 2.88. The molecule has 0 aliphatic carbocycles. The molecule has 0 aliphatic rings. The van der Waals surface area contributed by atoms with Crippen LogP contribution in [0.15, 0.2) is 30.9 Å². The van der Waals surface area contributed by atoms with Crippen LogP contribution >= 0.6 is 17.0 Å². The number of benzene rings is 1. The van der Waals surface area contributed by atoms with Gasteiger partial charge in [0.25, 0.3) is 0 Å². The van der Waals surface area contributed by atoms with Crippen LogP contribution in [-0.2, 0) is 11.2 Å². The summed E-state index contributed by atoms with van der Waals surface area (Å²) in [5.41, 5.74) is 1.82. The SMILES string of the molecule is Br.C=CCc1cc(NC(C)=O)ccc1OCCCNC(C)C. The predicted molar refractivity (Wildman–Crippen MR) is 98.2 cm³/mol. The minimum absolute atomic E-state index is 0. The van der Waals surface area contributed by atoms with Crippen molar-refractivity contribution in [2.24, 2.45) is 0 Å². The summed E-state index contributed by atoms with van der Waals surface area (Å²) in [6.07, 6.45) is 3.51. The molecule has 0 atom stereocenters. The highest BCUT2D eigenvalue weighted by molar-refractivity contribution is 8.93. The molecule has 0 saturated heterocycles. The van der Waals surface area contributed by atoms with Crippen molar-refractivity contribution >= 4 is 28.6 Å². The van der Waals surface area contributed by atoms with Crippen molar-refractivity contribution in [3.05, 3.63) is 36.4 Å². The maximum Gasteiger partial charge on any atom is 0.221 e. The third kappa shape index (κ3) is 8.20. The minimum Gasteiger partial charge on any atom is -0.493 e. The van der Waals surface area contributed by atoms with Gasteiger partial charge in [-0.05, 0) is 43.1 Å². The van der Waals surface area contributed by atoms with E-state index < -0.39 is 0 Å². The zero-order chi connectivity index (χ0) is 15.7. The number of nitrogens with one attached hydrogen (secondary N) is 2. The molecule has 1 amide bonds. The van der Waals surface area contributed by atoms with E-state index in [1.165, 1.54) is 6.92 Å². The Hall–Kier alpha value is -1.33. The molecule has 0 aliphatic heterocycles. The van der Waals surface area contributed by atoms with Crippen LogP contribution in [0, 0.1) is 0 Å². The van der Waals surface area contributed by atoms with E-state index in [1.807, 2.05) is 24.3 Å². The Kier molecular flexibility index (Phi) is 10.6. The fourth-order valence-corrected chi connectivity index (χ4v) is 1.96. The molecule has 124 valence electrons. The molecule has 0 saturated carbocycles. The largest absolute Gasteiger partial charge is 0.493 e. The molecule has 0 spiro atoms. The fraction of sp³-hybridized carbons (Fsp3) is 0.471. The van der Waals surface area contributed by atoms with Gasteiger partial charge in [-0.3, -0.25) is 4.79 Å². The van der Waals surface area contributed by atoms with Gasteiger partial charge in [0.2, 0.25) is 5.91 Å². The van der Waals surface area contributed by atoms with Gasteiger partial charge in [-0.2, -0.15) is 0 Å². The lowest BCUT2D eigenvalue weighted by Crippen LogP contribution is -2.24. The Labute approximate surface area is 144 Å². The smallest absolute Gasteiger partial charge is 0.221 e. The van der Waals surface area contributed by atoms with Gasteiger partial charge >= 0.3 is 0 Å². The molecule has 0 heterocycles. The molecule has 0 bridgehead atoms. The highest BCUT2D eigenvalue weighted by Crippen LogP contribution is 2.24. The van der Waals surface area contributed by atoms with Gasteiger partial charge in [0.05, 0.1) is 6.61 Å². The summed E-state index contributed by atoms with van der Waals surface area (Å²) < 4.78 is 5.83. The first kappa shape index (κ1) is 20.7. The number of hydrogen-bond acceptors (Lipinski definition) is 3. The molecule has 2 N–H and O–H groups in total. The molecule has 1 aromatic carbocycles. The van der Waals surface area contributed by atoms with Crippen LogP contribution in [0.4, 0.5) is 5.69 Å². The lowest BCUT2D eigenvalue weighted by Gasteiger charge is -2.13. The standard InChI is InChI=1S/C17H26N2O2.BrH/c1-5-7-15-12-16(19-14(4)20)8-9-17(15)21-11-6-10-18-13(2)3;/h5,8-9,12-13,18H,1,6-7,10-11H2,2-4H3,(H,19,20);1H. The van der Waals surface area contributed by atoms with Crippen LogP contribution in [0.3, 0.4) is 0 Å². The number of hydrogen-bond donors (Lipinski definition) is 2. The van der Waals surface area contributed by atoms with Crippen molar-refractivity contribution in [3.63, 3.8) is 0 Å². The fourth-order valence-electron chi connectivity index (χ4n) is 1.96. The van der Waals surface area contributed by atoms with Crippen LogP contribution in [0.2, 0.25) is 0 Å². The predicted octanol–water partition coefficient (Wildman–Crippen LogP) is 3.72. The van der Waals surface area contributed by atoms with Crippen molar-refractivity contribution < 1.29 is 9.53 Å². The van der Waals surface area contributed by atoms with Crippen LogP contribution in [0.5, 0.6) is 5.75 Å². The number of amides is 1. The second-order valence-corrected chi connectivity index (χ2v) is 5.31. The summed E-state index contributed by atoms with van der Waals surface area (Å²) in [6.45, 7) is 11.1. The number of carbonyl (C=O) groups is 1. The zero-order valence-corrected chi connectivity index (χ0v) is 15.4. The Morgan fingerprint density at radius 1 is 1.41 bits per heavy atom. The van der Waals surface area contributed by atoms with Gasteiger partial charge in [0.1, 0.15) is 5.75 Å². The molecule has 5 heteroatoms. The summed E-state index contributed by atoms with van der Waals surface area (Å²) in [5, 5.41) is 6.14. The molecule has 22 heavy (non-hydrogen) atoms. The lowest BCUT2D eigenvalue weighted by molar-refractivity contribution is -0.114. The topological polar surface area (TPSA) is 50.4 Å². The van der Waals surface area contributed by atoms with Crippen molar-refractivity contribution in [2.75, 3.05) is 18.5 Å². The first-order chi connectivity index (χ1) is 10.0. The van der Waals surface area contributed by atoms with Crippen molar-refractivity contribution in [1.29, 1.82) is 0 Å². The maximum absolute atomic E-state index is 11.1. The van der Waals surface area contributed by atoms with Gasteiger partial charge in [-0.25, -0.2) is 0 Å². The Morgan fingerprint density at radius 3 is 2.73 bits per heavy atom. The molecule has 0 aromatic heterocycles. The summed E-state index contributed by atoms with van der Waals surface area (Å²) >= 11 is 0. The van der Waals surface area contributed by atoms with E-state index in [2.05, 4.69) is 31.1 Å². The van der Waals surface area contributed by atoms with Crippen LogP contribution in [0.25, 0.3) is 0 Å². The van der Waals surface area contributed by atoms with E-state index in [0.717, 1.165) is 30.0 Å². The summed E-state index contributed by atoms with van der Waals surface area (Å²) in [7, 11) is 0. The third-order valence-corrected chi connectivity index (χ3v) is 2.88. The number of carbonyl (C=O) groups excluding carboxylic acids is 1. The van der Waals surface area contributed by atoms with Gasteiger partial charge in [0.15, 0.2) is 0 Å². The normalized spacial score (nSPS) is 10.0. The lowest BCUT2D eigenvalue weighted by atomic mass is 10.1. The van der Waals surface area contributed by atoms with E-state index in [0.29, 0.717) is 19.1 Å². The number of rotatable bonds is 9. The van der Waals surface area contributed by atoms with E-state index in [-0.39, 0.29) is 22.9 Å². The quantitative estimate of drug-likeness (QED) is 0.514. The molecule has 1 rings (SSSR count). The summed E-state index contributed by atoms with van der Waals surface area (Å²) in [5.74, 6) is 0.779. The minimum atomic E-state index is -0.0759. The van der Waals surface area contributed by atoms with Crippen LogP contribution in [-0.4, -0.2) is 25.1 Å². The average molecular weight is 371 g/mol. The Bertz CT molecular complexity index is 476. The highest BCUT2D eigenvalue weighted by atomic mass is 79.9. The highest BCUT2D eigenvalue weighted by Gasteiger charge is 2.05. The van der Waals surface area contributed by atoms with Crippen LogP contribution in [0.1, 0.15) is 32.8 Å². The molecule has 1 aromatic rings. The maximum atomic E-state index is 11.1. The molecular formula is C17H27BrN2O2. The van der Waals surface area contributed by atoms with Crippen molar-refractivity contribution in [1.82, 2.24) is 5.32 Å². The van der Waals surface area contributed by atoms with Gasteiger partial charge in [-0.15, -0.1) is 23.6 Å². The van der Waals surface area contributed by atoms with E-state index >= 15 is 0 Å². The van der Waals surface area contributed by atoms with Gasteiger partial charge < -0.3 is 15.4 Å². The molecule has 0 radical (unpaired) electrons. The van der Waals surface area contributed by atoms with E-state index in [1.54, 1.807) is 0 Å². The second kappa shape index (κ2) is 11.3. The Balaban J connectivity index is 0.00000441. The van der Waals surface area contributed by atoms with E-state index in [9.17, 15) is 4.79 Å². The number of halogens is 1. The summed E-state index contributed by atoms with van der Waals surface area (Å²) in [4.78, 5) is 11.1. The molecule has 0 fully saturated rings. The first-order valence-corrected chi connectivity index (χ1v) is 7.40. The van der Waals surface area contributed by atoms with E-state index in [4.69, 9.17) is 4.74 Å². The average Bonchev–Trinajstić information content (AvgIpc) is 2.40. The van der Waals surface area contributed by atoms with Gasteiger partial charge in [0, 0.05) is 18.7 Å². The summed E-state index contributed by atoms with van der Waals surface area (Å²) in [6, 6.07) is 6.19. The monoisotopic (exact) mass is 370 g/mol. The van der Waals surface area contributed by atoms with Crippen molar-refractivity contribution in [3.8, 4) is 5.75 Å². The zero-order valence-electron chi connectivity index (χ0n) is 13.6. The van der Waals surface area contributed by atoms with Crippen molar-refractivity contribution in [2.45, 2.75) is 39.7 Å². The molecular weight excluding hydrogens is 344 g/mol. The number of allylic oxidation sites excluding steroid dienone is 1. The Morgan fingerprint density at radius 2 is 2.14 bits per heavy atom. The second-order valence-electron chi connectivity index (χ2n) is 5.31. The van der Waals surface area contributed by atoms with Gasteiger partial charge in [-0.1, -0.05) is 19.9 Å². The number of ether oxygens (including phenoxy) is 1.